The molecule has 0 N–H and O–H groups in total. The van der Waals surface area contributed by atoms with Gasteiger partial charge in [0.15, 0.2) is 0 Å². The molecule has 19 heavy (non-hydrogen) atoms. The van der Waals surface area contributed by atoms with E-state index < -0.39 is 9.05 Å². The van der Waals surface area contributed by atoms with Crippen LogP contribution in [0.25, 0.3) is 0 Å². The zero-order valence-corrected chi connectivity index (χ0v) is 13.1. The van der Waals surface area contributed by atoms with E-state index in [1.807, 2.05) is 13.8 Å². The highest BCUT2D eigenvalue weighted by Gasteiger charge is 2.15. The minimum absolute atomic E-state index is 0.123. The number of aryl methyl sites for hydroxylation is 2. The molecule has 4 nitrogen and oxygen atoms in total. The van der Waals surface area contributed by atoms with Crippen molar-refractivity contribution in [3.05, 3.63) is 23.3 Å². The van der Waals surface area contributed by atoms with Crippen LogP contribution < -0.4 is 4.74 Å². The SMILES string of the molecule is Cc1cc(S(=O)(=O)Cl)c(C)cc1OCCOC(C)C. The van der Waals surface area contributed by atoms with Gasteiger partial charge in [-0.05, 0) is 51.0 Å². The first-order valence-corrected chi connectivity index (χ1v) is 8.33. The van der Waals surface area contributed by atoms with Gasteiger partial charge in [0.1, 0.15) is 12.4 Å². The van der Waals surface area contributed by atoms with Gasteiger partial charge in [-0.2, -0.15) is 0 Å². The molecule has 0 aliphatic rings. The summed E-state index contributed by atoms with van der Waals surface area (Å²) >= 11 is 0. The van der Waals surface area contributed by atoms with Crippen LogP contribution in [-0.2, 0) is 13.8 Å². The second-order valence-corrected chi connectivity index (χ2v) is 7.12. The molecule has 0 spiro atoms. The molecule has 0 saturated heterocycles. The van der Waals surface area contributed by atoms with Crippen molar-refractivity contribution < 1.29 is 17.9 Å². The predicted octanol–water partition coefficient (Wildman–Crippen LogP) is 3.03. The number of halogens is 1. The maximum Gasteiger partial charge on any atom is 0.261 e. The van der Waals surface area contributed by atoms with E-state index in [4.69, 9.17) is 20.2 Å². The van der Waals surface area contributed by atoms with Gasteiger partial charge in [-0.1, -0.05) is 0 Å². The van der Waals surface area contributed by atoms with Gasteiger partial charge >= 0.3 is 0 Å². The number of ether oxygens (including phenoxy) is 2. The second-order valence-electron chi connectivity index (χ2n) is 4.59. The van der Waals surface area contributed by atoms with E-state index in [0.717, 1.165) is 5.56 Å². The van der Waals surface area contributed by atoms with Gasteiger partial charge < -0.3 is 9.47 Å². The van der Waals surface area contributed by atoms with Crippen LogP contribution in [0.2, 0.25) is 0 Å². The van der Waals surface area contributed by atoms with Gasteiger partial charge in [0, 0.05) is 10.7 Å². The number of benzene rings is 1. The zero-order valence-electron chi connectivity index (χ0n) is 11.6. The van der Waals surface area contributed by atoms with E-state index in [1.54, 1.807) is 19.9 Å². The first kappa shape index (κ1) is 16.3. The van der Waals surface area contributed by atoms with E-state index in [9.17, 15) is 8.42 Å². The fourth-order valence-corrected chi connectivity index (χ4v) is 2.88. The third kappa shape index (κ3) is 5.01. The first-order valence-electron chi connectivity index (χ1n) is 6.02. The van der Waals surface area contributed by atoms with Gasteiger partial charge in [0.05, 0.1) is 17.6 Å². The van der Waals surface area contributed by atoms with Crippen LogP contribution in [0.15, 0.2) is 17.0 Å². The van der Waals surface area contributed by atoms with Crippen molar-refractivity contribution in [3.8, 4) is 5.75 Å². The lowest BCUT2D eigenvalue weighted by atomic mass is 10.1. The van der Waals surface area contributed by atoms with E-state index in [0.29, 0.717) is 24.5 Å². The summed E-state index contributed by atoms with van der Waals surface area (Å²) in [5.41, 5.74) is 1.30. The Kier molecular flexibility index (Phi) is 5.64. The number of rotatable bonds is 6. The highest BCUT2D eigenvalue weighted by Crippen LogP contribution is 2.27. The molecule has 0 aliphatic carbocycles. The normalized spacial score (nSPS) is 11.9. The highest BCUT2D eigenvalue weighted by atomic mass is 35.7. The molecule has 0 unspecified atom stereocenters. The molecule has 1 aromatic rings. The monoisotopic (exact) mass is 306 g/mol. The zero-order chi connectivity index (χ0) is 14.6. The molecule has 0 atom stereocenters. The van der Waals surface area contributed by atoms with Crippen molar-refractivity contribution in [2.75, 3.05) is 13.2 Å². The summed E-state index contributed by atoms with van der Waals surface area (Å²) in [5.74, 6) is 0.647. The van der Waals surface area contributed by atoms with Crippen molar-refractivity contribution in [2.45, 2.75) is 38.7 Å². The fraction of sp³-hybridized carbons (Fsp3) is 0.538. The minimum atomic E-state index is -3.72. The van der Waals surface area contributed by atoms with Crippen LogP contribution in [0.1, 0.15) is 25.0 Å². The summed E-state index contributed by atoms with van der Waals surface area (Å²) in [6.07, 6.45) is 0.162. The Morgan fingerprint density at radius 3 is 2.32 bits per heavy atom. The van der Waals surface area contributed by atoms with E-state index in [-0.39, 0.29) is 11.0 Å². The molecule has 0 saturated carbocycles. The largest absolute Gasteiger partial charge is 0.491 e. The maximum absolute atomic E-state index is 11.4. The average molecular weight is 307 g/mol. The summed E-state index contributed by atoms with van der Waals surface area (Å²) in [4.78, 5) is 0.123. The van der Waals surface area contributed by atoms with Crippen molar-refractivity contribution in [1.82, 2.24) is 0 Å². The van der Waals surface area contributed by atoms with Crippen molar-refractivity contribution in [1.29, 1.82) is 0 Å². The van der Waals surface area contributed by atoms with Gasteiger partial charge in [0.25, 0.3) is 9.05 Å². The molecule has 0 bridgehead atoms. The summed E-state index contributed by atoms with van der Waals surface area (Å²) in [6.45, 7) is 8.29. The molecule has 6 heteroatoms. The Labute approximate surface area is 119 Å². The van der Waals surface area contributed by atoms with Crippen LogP contribution in [0.3, 0.4) is 0 Å². The van der Waals surface area contributed by atoms with E-state index >= 15 is 0 Å². The molecule has 0 heterocycles. The molecule has 0 fully saturated rings. The Morgan fingerprint density at radius 1 is 1.16 bits per heavy atom. The standard InChI is InChI=1S/C13H19ClO4S/c1-9(2)17-5-6-18-12-7-11(4)13(8-10(12)3)19(14,15)16/h7-9H,5-6H2,1-4H3. The van der Waals surface area contributed by atoms with Crippen LogP contribution in [0.4, 0.5) is 0 Å². The topological polar surface area (TPSA) is 52.6 Å². The molecule has 0 radical (unpaired) electrons. The second kappa shape index (κ2) is 6.59. The fourth-order valence-electron chi connectivity index (χ4n) is 1.62. The number of hydrogen-bond donors (Lipinski definition) is 0. The Morgan fingerprint density at radius 2 is 1.79 bits per heavy atom. The predicted molar refractivity (Wildman–Crippen MR) is 75.5 cm³/mol. The summed E-state index contributed by atoms with van der Waals surface area (Å²) in [6, 6.07) is 3.20. The molecule has 108 valence electrons. The Hall–Kier alpha value is -0.780. The first-order chi connectivity index (χ1) is 8.71. The molecule has 0 amide bonds. The van der Waals surface area contributed by atoms with E-state index in [2.05, 4.69) is 0 Å². The lowest BCUT2D eigenvalue weighted by molar-refractivity contribution is 0.0551. The van der Waals surface area contributed by atoms with Crippen molar-refractivity contribution in [3.63, 3.8) is 0 Å². The van der Waals surface area contributed by atoms with Crippen LogP contribution in [0.5, 0.6) is 5.75 Å². The quantitative estimate of drug-likeness (QED) is 0.599. The third-order valence-electron chi connectivity index (χ3n) is 2.53. The lowest BCUT2D eigenvalue weighted by Gasteiger charge is -2.13. The van der Waals surface area contributed by atoms with Crippen molar-refractivity contribution in [2.24, 2.45) is 0 Å². The Balaban J connectivity index is 2.80. The molecular formula is C13H19ClO4S. The molecule has 1 rings (SSSR count). The van der Waals surface area contributed by atoms with Gasteiger partial charge in [0.2, 0.25) is 0 Å². The number of hydrogen-bond acceptors (Lipinski definition) is 4. The summed E-state index contributed by atoms with van der Waals surface area (Å²) in [7, 11) is 1.64. The summed E-state index contributed by atoms with van der Waals surface area (Å²) in [5, 5.41) is 0. The van der Waals surface area contributed by atoms with Crippen molar-refractivity contribution >= 4 is 19.7 Å². The molecule has 1 aromatic carbocycles. The maximum atomic E-state index is 11.4. The van der Waals surface area contributed by atoms with Gasteiger partial charge in [-0.15, -0.1) is 0 Å². The third-order valence-corrected chi connectivity index (χ3v) is 3.99. The van der Waals surface area contributed by atoms with E-state index in [1.165, 1.54) is 6.07 Å². The highest BCUT2D eigenvalue weighted by molar-refractivity contribution is 8.13. The summed E-state index contributed by atoms with van der Waals surface area (Å²) < 4.78 is 33.7. The van der Waals surface area contributed by atoms with Crippen LogP contribution >= 0.6 is 10.7 Å². The van der Waals surface area contributed by atoms with Crippen LogP contribution in [0, 0.1) is 13.8 Å². The minimum Gasteiger partial charge on any atom is -0.491 e. The molecule has 0 aliphatic heterocycles. The average Bonchev–Trinajstić information content (AvgIpc) is 2.26. The van der Waals surface area contributed by atoms with Gasteiger partial charge in [-0.3, -0.25) is 0 Å². The molecule has 0 aromatic heterocycles. The smallest absolute Gasteiger partial charge is 0.261 e. The molecular weight excluding hydrogens is 288 g/mol. The van der Waals surface area contributed by atoms with Crippen LogP contribution in [-0.4, -0.2) is 27.7 Å². The van der Waals surface area contributed by atoms with Gasteiger partial charge in [-0.25, -0.2) is 8.42 Å². The Bertz CT molecular complexity index is 538. The lowest BCUT2D eigenvalue weighted by Crippen LogP contribution is -2.12.